The van der Waals surface area contributed by atoms with Gasteiger partial charge in [0, 0.05) is 12.4 Å². The van der Waals surface area contributed by atoms with Gasteiger partial charge in [0.05, 0.1) is 0 Å². The Kier molecular flexibility index (Phi) is 2.37. The van der Waals surface area contributed by atoms with Crippen molar-refractivity contribution in [2.45, 2.75) is 6.42 Å². The molecule has 0 amide bonds. The maximum absolute atomic E-state index is 4.27. The van der Waals surface area contributed by atoms with Crippen LogP contribution in [0, 0.1) is 0 Å². The highest BCUT2D eigenvalue weighted by molar-refractivity contribution is 6.50. The zero-order chi connectivity index (χ0) is 9.26. The third-order valence-corrected chi connectivity index (χ3v) is 2.57. The first-order valence-electron chi connectivity index (χ1n) is 4.68. The molecule has 1 aliphatic rings. The fourth-order valence-electron chi connectivity index (χ4n) is 1.96. The fourth-order valence-corrected chi connectivity index (χ4v) is 1.96. The van der Waals surface area contributed by atoms with E-state index < -0.39 is 0 Å². The van der Waals surface area contributed by atoms with Crippen LogP contribution in [0.25, 0.3) is 0 Å². The van der Waals surface area contributed by atoms with Crippen molar-refractivity contribution >= 4 is 7.12 Å². The van der Waals surface area contributed by atoms with Crippen molar-refractivity contribution in [2.24, 2.45) is 0 Å². The Morgan fingerprint density at radius 2 is 1.92 bits per heavy atom. The van der Waals surface area contributed by atoms with Crippen LogP contribution >= 0.6 is 0 Å². The molecule has 0 atom stereocenters. The minimum absolute atomic E-state index is 0.295. The lowest BCUT2D eigenvalue weighted by molar-refractivity contribution is 0.330. The summed E-state index contributed by atoms with van der Waals surface area (Å²) in [7, 11) is 4.58. The Bertz CT molecular complexity index is 251. The van der Waals surface area contributed by atoms with Crippen molar-refractivity contribution in [1.29, 1.82) is 0 Å². The Balaban J connectivity index is 2.19. The van der Waals surface area contributed by atoms with Gasteiger partial charge in [-0.25, -0.2) is 0 Å². The predicted molar refractivity (Wildman–Crippen MR) is 53.3 cm³/mol. The van der Waals surface area contributed by atoms with Crippen LogP contribution in [0.4, 0.5) is 0 Å². The van der Waals surface area contributed by atoms with E-state index in [-0.39, 0.29) is 0 Å². The topological polar surface area (TPSA) is 24.3 Å². The molecule has 0 unspecified atom stereocenters. The second-order valence-corrected chi connectivity index (χ2v) is 3.65. The number of rotatable bonds is 1. The molecule has 1 aliphatic heterocycles. The molecule has 4 nitrogen and oxygen atoms in total. The van der Waals surface area contributed by atoms with Gasteiger partial charge in [-0.05, 0) is 39.7 Å². The van der Waals surface area contributed by atoms with E-state index in [2.05, 4.69) is 28.8 Å². The summed E-state index contributed by atoms with van der Waals surface area (Å²) in [4.78, 5) is 4.63. The monoisotopic (exact) mass is 178 g/mol. The van der Waals surface area contributed by atoms with Crippen molar-refractivity contribution in [3.63, 3.8) is 0 Å². The van der Waals surface area contributed by atoms with Crippen LogP contribution in [0.1, 0.15) is 6.42 Å². The third-order valence-electron chi connectivity index (χ3n) is 2.57. The largest absolute Gasteiger partial charge is 0.457 e. The predicted octanol–water partition coefficient (Wildman–Crippen LogP) is -0.0166. The second-order valence-electron chi connectivity index (χ2n) is 3.65. The quantitative estimate of drug-likeness (QED) is 0.565. The maximum Gasteiger partial charge on any atom is 0.457 e. The lowest BCUT2D eigenvalue weighted by Gasteiger charge is -2.36. The first kappa shape index (κ1) is 8.78. The molecule has 1 saturated heterocycles. The van der Waals surface area contributed by atoms with Gasteiger partial charge in [-0.1, -0.05) is 0 Å². The van der Waals surface area contributed by atoms with Crippen LogP contribution in [0.15, 0.2) is 18.5 Å². The lowest BCUT2D eigenvalue weighted by Crippen LogP contribution is -2.58. The summed E-state index contributed by atoms with van der Waals surface area (Å²) in [5, 5.41) is 4.27. The molecule has 13 heavy (non-hydrogen) atoms. The van der Waals surface area contributed by atoms with Gasteiger partial charge in [0.1, 0.15) is 0 Å². The van der Waals surface area contributed by atoms with Gasteiger partial charge in [-0.2, -0.15) is 5.10 Å². The Morgan fingerprint density at radius 3 is 2.46 bits per heavy atom. The third kappa shape index (κ3) is 1.62. The van der Waals surface area contributed by atoms with Crippen LogP contribution in [-0.2, 0) is 0 Å². The average Bonchev–Trinajstić information content (AvgIpc) is 2.57. The lowest BCUT2D eigenvalue weighted by atomic mass is 9.85. The number of nitrogens with zero attached hydrogens (tertiary/aromatic N) is 4. The molecule has 0 spiro atoms. The van der Waals surface area contributed by atoms with Crippen LogP contribution < -0.4 is 0 Å². The normalized spacial score (nSPS) is 20.9. The van der Waals surface area contributed by atoms with Crippen molar-refractivity contribution in [3.8, 4) is 0 Å². The van der Waals surface area contributed by atoms with Gasteiger partial charge in [-0.3, -0.25) is 4.59 Å². The molecule has 0 bridgehead atoms. The van der Waals surface area contributed by atoms with E-state index in [0.717, 1.165) is 13.1 Å². The molecule has 0 aromatic carbocycles. The molecular weight excluding hydrogens is 163 g/mol. The minimum Gasteiger partial charge on any atom is -0.310 e. The number of hydrogen-bond acceptors (Lipinski definition) is 3. The molecule has 1 fully saturated rings. The molecule has 0 aliphatic carbocycles. The van der Waals surface area contributed by atoms with E-state index in [4.69, 9.17) is 0 Å². The summed E-state index contributed by atoms with van der Waals surface area (Å²) < 4.78 is 2.00. The minimum atomic E-state index is 0.295. The van der Waals surface area contributed by atoms with Crippen molar-refractivity contribution in [3.05, 3.63) is 18.5 Å². The smallest absolute Gasteiger partial charge is 0.310 e. The van der Waals surface area contributed by atoms with E-state index in [1.165, 1.54) is 6.42 Å². The fraction of sp³-hybridized carbons (Fsp3) is 0.625. The Morgan fingerprint density at radius 1 is 1.23 bits per heavy atom. The number of hydrogen-bond donors (Lipinski definition) is 0. The van der Waals surface area contributed by atoms with Gasteiger partial charge in [-0.15, -0.1) is 0 Å². The number of aromatic nitrogens is 2. The highest BCUT2D eigenvalue weighted by atomic mass is 15.4. The van der Waals surface area contributed by atoms with E-state index >= 15 is 0 Å². The van der Waals surface area contributed by atoms with Gasteiger partial charge in [0.25, 0.3) is 0 Å². The zero-order valence-corrected chi connectivity index (χ0v) is 8.22. The molecule has 70 valence electrons. The molecule has 0 saturated carbocycles. The summed E-state index contributed by atoms with van der Waals surface area (Å²) >= 11 is 0. The Labute approximate surface area is 79.3 Å². The van der Waals surface area contributed by atoms with E-state index in [9.17, 15) is 0 Å². The maximum atomic E-state index is 4.27. The molecule has 1 aromatic rings. The molecule has 2 rings (SSSR count). The Hall–Kier alpha value is -0.805. The average molecular weight is 178 g/mol. The standard InChI is InChI=1S/C8H15BN4/c1-11-6-4-7-12(2)9(11)13-8-3-5-10-13/h3,5,8H,4,6-7H2,1-2H3. The van der Waals surface area contributed by atoms with Gasteiger partial charge in [0.2, 0.25) is 0 Å². The van der Waals surface area contributed by atoms with E-state index in [1.54, 1.807) is 0 Å². The summed E-state index contributed by atoms with van der Waals surface area (Å²) in [6.07, 6.45) is 5.09. The molecule has 0 N–H and O–H groups in total. The van der Waals surface area contributed by atoms with Gasteiger partial charge >= 0.3 is 7.12 Å². The van der Waals surface area contributed by atoms with E-state index in [1.807, 2.05) is 23.1 Å². The second kappa shape index (κ2) is 3.51. The summed E-state index contributed by atoms with van der Waals surface area (Å²) in [6.45, 7) is 2.30. The van der Waals surface area contributed by atoms with Gasteiger partial charge < -0.3 is 9.62 Å². The van der Waals surface area contributed by atoms with E-state index in [0.29, 0.717) is 7.12 Å². The van der Waals surface area contributed by atoms with Crippen LogP contribution in [0.3, 0.4) is 0 Å². The highest BCUT2D eigenvalue weighted by Crippen LogP contribution is 2.07. The van der Waals surface area contributed by atoms with Crippen LogP contribution in [0.5, 0.6) is 0 Å². The summed E-state index contributed by atoms with van der Waals surface area (Å²) in [5.41, 5.74) is 0. The van der Waals surface area contributed by atoms with Crippen LogP contribution in [0.2, 0.25) is 0 Å². The summed E-state index contributed by atoms with van der Waals surface area (Å²) in [5.74, 6) is 0. The van der Waals surface area contributed by atoms with Crippen LogP contribution in [-0.4, -0.2) is 53.6 Å². The first-order valence-corrected chi connectivity index (χ1v) is 4.68. The van der Waals surface area contributed by atoms with Gasteiger partial charge in [0.15, 0.2) is 0 Å². The molecule has 2 heterocycles. The van der Waals surface area contributed by atoms with Crippen molar-refractivity contribution in [2.75, 3.05) is 27.2 Å². The summed E-state index contributed by atoms with van der Waals surface area (Å²) in [6, 6.07) is 1.97. The van der Waals surface area contributed by atoms with Crippen molar-refractivity contribution in [1.82, 2.24) is 19.3 Å². The molecule has 5 heteroatoms. The molecule has 1 aromatic heterocycles. The zero-order valence-electron chi connectivity index (χ0n) is 8.22. The highest BCUT2D eigenvalue weighted by Gasteiger charge is 2.32. The van der Waals surface area contributed by atoms with Crippen molar-refractivity contribution < 1.29 is 0 Å². The SMILES string of the molecule is CN1CCCN(C)B1n1cccn1. The molecule has 0 radical (unpaired) electrons. The molecular formula is C8H15BN4. The first-order chi connectivity index (χ1) is 6.29.